The number of aliphatic hydroxyl groups is 1. The molecule has 2 rings (SSSR count). The van der Waals surface area contributed by atoms with Gasteiger partial charge in [0, 0.05) is 13.1 Å². The molecule has 1 fully saturated rings. The molecule has 112 valence electrons. The number of rotatable bonds is 2. The second-order valence-corrected chi connectivity index (χ2v) is 7.62. The lowest BCUT2D eigenvalue weighted by Gasteiger charge is -2.22. The van der Waals surface area contributed by atoms with Crippen LogP contribution in [0.3, 0.4) is 0 Å². The Morgan fingerprint density at radius 3 is 2.75 bits per heavy atom. The monoisotopic (exact) mass is 321 g/mol. The minimum Gasteiger partial charge on any atom is -0.390 e. The second kappa shape index (κ2) is 5.60. The Morgan fingerprint density at radius 2 is 2.05 bits per heavy atom. The summed E-state index contributed by atoms with van der Waals surface area (Å²) in [6.07, 6.45) is 1.39. The van der Waals surface area contributed by atoms with Gasteiger partial charge in [0.25, 0.3) is 0 Å². The predicted molar refractivity (Wildman–Crippen MR) is 74.6 cm³/mol. The number of nitrogens with zero attached hydrogens (tertiary/aromatic N) is 1. The Bertz CT molecular complexity index is 604. The van der Waals surface area contributed by atoms with E-state index in [-0.39, 0.29) is 18.1 Å². The van der Waals surface area contributed by atoms with E-state index in [9.17, 15) is 17.9 Å². The molecule has 1 aliphatic rings. The van der Waals surface area contributed by atoms with E-state index in [0.29, 0.717) is 19.3 Å². The summed E-state index contributed by atoms with van der Waals surface area (Å²) in [5.41, 5.74) is -0.878. The van der Waals surface area contributed by atoms with Gasteiger partial charge in [-0.2, -0.15) is 4.31 Å². The van der Waals surface area contributed by atoms with Crippen LogP contribution in [0.1, 0.15) is 26.2 Å². The van der Waals surface area contributed by atoms with E-state index in [0.717, 1.165) is 0 Å². The van der Waals surface area contributed by atoms with Crippen LogP contribution >= 0.6 is 11.6 Å². The van der Waals surface area contributed by atoms with Crippen LogP contribution in [0, 0.1) is 5.82 Å². The normalized spacial score (nSPS) is 25.4. The number of halogens is 2. The van der Waals surface area contributed by atoms with Crippen LogP contribution in [0.4, 0.5) is 4.39 Å². The highest BCUT2D eigenvalue weighted by atomic mass is 35.5. The fourth-order valence-electron chi connectivity index (χ4n) is 2.30. The predicted octanol–water partition coefficient (Wildman–Crippen LogP) is 2.40. The van der Waals surface area contributed by atoms with Gasteiger partial charge in [-0.1, -0.05) is 17.7 Å². The molecule has 1 saturated heterocycles. The maximum atomic E-state index is 13.9. The van der Waals surface area contributed by atoms with Gasteiger partial charge in [0.05, 0.1) is 10.6 Å². The Morgan fingerprint density at radius 1 is 1.35 bits per heavy atom. The maximum Gasteiger partial charge on any atom is 0.246 e. The van der Waals surface area contributed by atoms with Crippen molar-refractivity contribution in [3.63, 3.8) is 0 Å². The zero-order chi connectivity index (χ0) is 15.0. The van der Waals surface area contributed by atoms with Gasteiger partial charge >= 0.3 is 0 Å². The molecule has 0 aliphatic carbocycles. The van der Waals surface area contributed by atoms with Gasteiger partial charge in [0.1, 0.15) is 4.90 Å². The molecule has 1 unspecified atom stereocenters. The van der Waals surface area contributed by atoms with E-state index < -0.39 is 26.3 Å². The van der Waals surface area contributed by atoms with Gasteiger partial charge < -0.3 is 5.11 Å². The molecule has 7 heteroatoms. The summed E-state index contributed by atoms with van der Waals surface area (Å²) in [6.45, 7) is 2.12. The Labute approximate surface area is 123 Å². The molecule has 1 heterocycles. The van der Waals surface area contributed by atoms with Crippen LogP contribution in [-0.2, 0) is 10.0 Å². The van der Waals surface area contributed by atoms with Crippen molar-refractivity contribution in [3.05, 3.63) is 29.0 Å². The highest BCUT2D eigenvalue weighted by Gasteiger charge is 2.33. The van der Waals surface area contributed by atoms with E-state index in [1.807, 2.05) is 0 Å². The lowest BCUT2D eigenvalue weighted by molar-refractivity contribution is 0.0465. The first-order chi connectivity index (χ1) is 9.24. The van der Waals surface area contributed by atoms with Crippen molar-refractivity contribution >= 4 is 21.6 Å². The van der Waals surface area contributed by atoms with Crippen LogP contribution in [-0.4, -0.2) is 36.5 Å². The smallest absolute Gasteiger partial charge is 0.246 e. The van der Waals surface area contributed by atoms with Crippen molar-refractivity contribution in [2.45, 2.75) is 36.7 Å². The molecule has 1 aromatic rings. The molecule has 0 aromatic heterocycles. The summed E-state index contributed by atoms with van der Waals surface area (Å²) in [7, 11) is -3.93. The van der Waals surface area contributed by atoms with Gasteiger partial charge in [-0.15, -0.1) is 0 Å². The minimum atomic E-state index is -3.93. The standard InChI is InChI=1S/C13H17ClFNO3S/c1-13(17)6-3-8-16(9-7-13)20(18,19)11-5-2-4-10(14)12(11)15/h2,4-5,17H,3,6-9H2,1H3. The van der Waals surface area contributed by atoms with Crippen molar-refractivity contribution in [1.29, 1.82) is 0 Å². The van der Waals surface area contributed by atoms with Crippen LogP contribution in [0.2, 0.25) is 5.02 Å². The van der Waals surface area contributed by atoms with Crippen LogP contribution in [0.15, 0.2) is 23.1 Å². The molecular weight excluding hydrogens is 305 g/mol. The van der Waals surface area contributed by atoms with E-state index in [4.69, 9.17) is 11.6 Å². The number of hydrogen-bond donors (Lipinski definition) is 1. The molecular formula is C13H17ClFNO3S. The van der Waals surface area contributed by atoms with Crippen molar-refractivity contribution in [1.82, 2.24) is 4.31 Å². The first-order valence-corrected chi connectivity index (χ1v) is 8.22. The molecule has 1 aliphatic heterocycles. The maximum absolute atomic E-state index is 13.9. The van der Waals surface area contributed by atoms with Crippen molar-refractivity contribution < 1.29 is 17.9 Å². The SMILES string of the molecule is CC1(O)CCCN(S(=O)(=O)c2cccc(Cl)c2F)CC1. The number of sulfonamides is 1. The van der Waals surface area contributed by atoms with Crippen LogP contribution in [0.25, 0.3) is 0 Å². The largest absolute Gasteiger partial charge is 0.390 e. The molecule has 0 radical (unpaired) electrons. The number of benzene rings is 1. The quantitative estimate of drug-likeness (QED) is 0.910. The summed E-state index contributed by atoms with van der Waals surface area (Å²) < 4.78 is 40.1. The van der Waals surface area contributed by atoms with E-state index in [2.05, 4.69) is 0 Å². The van der Waals surface area contributed by atoms with Crippen LogP contribution in [0.5, 0.6) is 0 Å². The van der Waals surface area contributed by atoms with Gasteiger partial charge in [-0.3, -0.25) is 0 Å². The average molecular weight is 322 g/mol. The molecule has 1 atom stereocenters. The third kappa shape index (κ3) is 3.14. The minimum absolute atomic E-state index is 0.168. The summed E-state index contributed by atoms with van der Waals surface area (Å²) in [5, 5.41) is 9.78. The third-order valence-corrected chi connectivity index (χ3v) is 5.76. The van der Waals surface area contributed by atoms with Crippen LogP contribution < -0.4 is 0 Å². The van der Waals surface area contributed by atoms with Crippen molar-refractivity contribution in [2.75, 3.05) is 13.1 Å². The Balaban J connectivity index is 2.33. The Kier molecular flexibility index (Phi) is 4.39. The lowest BCUT2D eigenvalue weighted by atomic mass is 9.98. The molecule has 0 saturated carbocycles. The second-order valence-electron chi connectivity index (χ2n) is 5.31. The van der Waals surface area contributed by atoms with E-state index in [1.165, 1.54) is 22.5 Å². The summed E-state index contributed by atoms with van der Waals surface area (Å²) >= 11 is 5.64. The topological polar surface area (TPSA) is 57.6 Å². The van der Waals surface area contributed by atoms with E-state index in [1.54, 1.807) is 6.92 Å². The van der Waals surface area contributed by atoms with Crippen molar-refractivity contribution in [3.8, 4) is 0 Å². The highest BCUT2D eigenvalue weighted by molar-refractivity contribution is 7.89. The molecule has 20 heavy (non-hydrogen) atoms. The third-order valence-electron chi connectivity index (χ3n) is 3.56. The molecule has 0 amide bonds. The summed E-state index contributed by atoms with van der Waals surface area (Å²) in [5.74, 6) is -0.926. The molecule has 1 N–H and O–H groups in total. The van der Waals surface area contributed by atoms with Gasteiger partial charge in [0.15, 0.2) is 5.82 Å². The Hall–Kier alpha value is -0.690. The fraction of sp³-hybridized carbons (Fsp3) is 0.538. The summed E-state index contributed by atoms with van der Waals surface area (Å²) in [6, 6.07) is 3.93. The first-order valence-electron chi connectivity index (χ1n) is 6.41. The zero-order valence-electron chi connectivity index (χ0n) is 11.1. The molecule has 0 spiro atoms. The molecule has 1 aromatic carbocycles. The van der Waals surface area contributed by atoms with Crippen molar-refractivity contribution in [2.24, 2.45) is 0 Å². The number of hydrogen-bond acceptors (Lipinski definition) is 3. The van der Waals surface area contributed by atoms with Gasteiger partial charge in [-0.25, -0.2) is 12.8 Å². The van der Waals surface area contributed by atoms with E-state index >= 15 is 0 Å². The lowest BCUT2D eigenvalue weighted by Crippen LogP contribution is -2.34. The molecule has 4 nitrogen and oxygen atoms in total. The summed E-state index contributed by atoms with van der Waals surface area (Å²) in [4.78, 5) is -0.411. The van der Waals surface area contributed by atoms with Gasteiger partial charge in [-0.05, 0) is 38.3 Å². The highest BCUT2D eigenvalue weighted by Crippen LogP contribution is 2.28. The first kappa shape index (κ1) is 15.7. The fourth-order valence-corrected chi connectivity index (χ4v) is 4.10. The zero-order valence-corrected chi connectivity index (χ0v) is 12.7. The average Bonchev–Trinajstić information content (AvgIpc) is 2.54. The molecule has 0 bridgehead atoms. The van der Waals surface area contributed by atoms with Gasteiger partial charge in [0.2, 0.25) is 10.0 Å².